The molecule has 4 nitrogen and oxygen atoms in total. The smallest absolute Gasteiger partial charge is 0.234 e. The molecule has 0 unspecified atom stereocenters. The molecule has 0 atom stereocenters. The minimum atomic E-state index is 0.110. The second kappa shape index (κ2) is 6.57. The van der Waals surface area contributed by atoms with E-state index in [1.165, 1.54) is 0 Å². The van der Waals surface area contributed by atoms with Crippen LogP contribution in [0.3, 0.4) is 0 Å². The number of carbonyl (C=O) groups excluding carboxylic acids is 1. The molecule has 0 heterocycles. The molecule has 0 aliphatic heterocycles. The summed E-state index contributed by atoms with van der Waals surface area (Å²) >= 11 is 0. The van der Waals surface area contributed by atoms with E-state index < -0.39 is 0 Å². The van der Waals surface area contributed by atoms with E-state index in [0.717, 1.165) is 24.2 Å². The summed E-state index contributed by atoms with van der Waals surface area (Å²) in [6.07, 6.45) is 2.26. The standard InChI is InChI=1S/C15H22N2O2/c1-3-19-14-7-5-4-6-12(14)10-17(2)11-15(18)16-13-8-9-13/h4-7,13H,3,8-11H2,1-2H3,(H,16,18). The highest BCUT2D eigenvalue weighted by atomic mass is 16.5. The zero-order chi connectivity index (χ0) is 13.7. The van der Waals surface area contributed by atoms with Crippen molar-refractivity contribution in [3.8, 4) is 5.75 Å². The molecule has 1 fully saturated rings. The Kier molecular flexibility index (Phi) is 4.80. The molecule has 4 heteroatoms. The summed E-state index contributed by atoms with van der Waals surface area (Å²) in [5, 5.41) is 3.00. The largest absolute Gasteiger partial charge is 0.494 e. The summed E-state index contributed by atoms with van der Waals surface area (Å²) in [4.78, 5) is 13.7. The maximum atomic E-state index is 11.7. The van der Waals surface area contributed by atoms with Crippen molar-refractivity contribution in [1.82, 2.24) is 10.2 Å². The average Bonchev–Trinajstić information content (AvgIpc) is 3.15. The topological polar surface area (TPSA) is 41.6 Å². The zero-order valence-corrected chi connectivity index (χ0v) is 11.7. The monoisotopic (exact) mass is 262 g/mol. The Morgan fingerprint density at radius 2 is 2.16 bits per heavy atom. The fourth-order valence-corrected chi connectivity index (χ4v) is 2.02. The van der Waals surface area contributed by atoms with Gasteiger partial charge in [0.25, 0.3) is 0 Å². The second-order valence-corrected chi connectivity index (χ2v) is 5.05. The van der Waals surface area contributed by atoms with E-state index in [9.17, 15) is 4.79 Å². The van der Waals surface area contributed by atoms with Gasteiger partial charge in [-0.2, -0.15) is 0 Å². The van der Waals surface area contributed by atoms with Crippen LogP contribution in [-0.4, -0.2) is 37.0 Å². The van der Waals surface area contributed by atoms with Crippen molar-refractivity contribution in [2.45, 2.75) is 32.4 Å². The highest BCUT2D eigenvalue weighted by Crippen LogP contribution is 2.20. The van der Waals surface area contributed by atoms with Gasteiger partial charge in [-0.05, 0) is 32.9 Å². The number of rotatable bonds is 7. The van der Waals surface area contributed by atoms with Crippen LogP contribution in [0, 0.1) is 0 Å². The summed E-state index contributed by atoms with van der Waals surface area (Å²) in [5.41, 5.74) is 1.12. The first-order valence-electron chi connectivity index (χ1n) is 6.87. The first-order valence-corrected chi connectivity index (χ1v) is 6.87. The van der Waals surface area contributed by atoms with Crippen LogP contribution in [-0.2, 0) is 11.3 Å². The number of hydrogen-bond donors (Lipinski definition) is 1. The number of likely N-dealkylation sites (N-methyl/N-ethyl adjacent to an activating group) is 1. The van der Waals surface area contributed by atoms with Crippen LogP contribution < -0.4 is 10.1 Å². The third kappa shape index (κ3) is 4.56. The quantitative estimate of drug-likeness (QED) is 0.814. The number of nitrogens with zero attached hydrogens (tertiary/aromatic N) is 1. The zero-order valence-electron chi connectivity index (χ0n) is 11.7. The lowest BCUT2D eigenvalue weighted by Gasteiger charge is -2.18. The summed E-state index contributed by atoms with van der Waals surface area (Å²) < 4.78 is 5.59. The van der Waals surface area contributed by atoms with Gasteiger partial charge in [0.1, 0.15) is 5.75 Å². The van der Waals surface area contributed by atoms with Crippen LogP contribution in [0.5, 0.6) is 5.75 Å². The van der Waals surface area contributed by atoms with Crippen molar-refractivity contribution in [2.24, 2.45) is 0 Å². The van der Waals surface area contributed by atoms with Gasteiger partial charge in [-0.25, -0.2) is 0 Å². The predicted octanol–water partition coefficient (Wildman–Crippen LogP) is 1.80. The van der Waals surface area contributed by atoms with Gasteiger partial charge >= 0.3 is 0 Å². The highest BCUT2D eigenvalue weighted by molar-refractivity contribution is 5.78. The molecule has 1 aromatic rings. The molecule has 1 N–H and O–H groups in total. The Balaban J connectivity index is 1.86. The number of amides is 1. The van der Waals surface area contributed by atoms with Crippen molar-refractivity contribution in [1.29, 1.82) is 0 Å². The fraction of sp³-hybridized carbons (Fsp3) is 0.533. The molecule has 0 spiro atoms. The minimum absolute atomic E-state index is 0.110. The summed E-state index contributed by atoms with van der Waals surface area (Å²) in [7, 11) is 1.95. The maximum Gasteiger partial charge on any atom is 0.234 e. The molecule has 1 aromatic carbocycles. The molecule has 1 amide bonds. The average molecular weight is 262 g/mol. The first kappa shape index (κ1) is 13.9. The van der Waals surface area contributed by atoms with Crippen LogP contribution in [0.1, 0.15) is 25.3 Å². The second-order valence-electron chi connectivity index (χ2n) is 5.05. The Bertz CT molecular complexity index is 430. The van der Waals surface area contributed by atoms with Crippen LogP contribution in [0.4, 0.5) is 0 Å². The Morgan fingerprint density at radius 3 is 2.84 bits per heavy atom. The molecule has 0 aromatic heterocycles. The fourth-order valence-electron chi connectivity index (χ4n) is 2.02. The van der Waals surface area contributed by atoms with Crippen LogP contribution in [0.25, 0.3) is 0 Å². The number of ether oxygens (including phenoxy) is 1. The van der Waals surface area contributed by atoms with Gasteiger partial charge in [-0.3, -0.25) is 9.69 Å². The van der Waals surface area contributed by atoms with E-state index in [1.807, 2.05) is 43.1 Å². The van der Waals surface area contributed by atoms with Crippen molar-refractivity contribution < 1.29 is 9.53 Å². The molecule has 19 heavy (non-hydrogen) atoms. The molecule has 0 saturated heterocycles. The third-order valence-corrected chi connectivity index (χ3v) is 3.07. The van der Waals surface area contributed by atoms with Gasteiger partial charge in [-0.1, -0.05) is 18.2 Å². The lowest BCUT2D eigenvalue weighted by atomic mass is 10.2. The maximum absolute atomic E-state index is 11.7. The predicted molar refractivity (Wildman–Crippen MR) is 75.1 cm³/mol. The number of carbonyl (C=O) groups is 1. The van der Waals surface area contributed by atoms with Gasteiger partial charge in [0.05, 0.1) is 13.2 Å². The van der Waals surface area contributed by atoms with Gasteiger partial charge in [0.2, 0.25) is 5.91 Å². The minimum Gasteiger partial charge on any atom is -0.494 e. The molecular formula is C15H22N2O2. The summed E-state index contributed by atoms with van der Waals surface area (Å²) in [6.45, 7) is 3.78. The normalized spacial score (nSPS) is 14.5. The highest BCUT2D eigenvalue weighted by Gasteiger charge is 2.23. The number of nitrogens with one attached hydrogen (secondary N) is 1. The molecule has 1 aliphatic rings. The first-order chi connectivity index (χ1) is 9.19. The molecule has 0 bridgehead atoms. The van der Waals surface area contributed by atoms with Crippen LogP contribution in [0.15, 0.2) is 24.3 Å². The summed E-state index contributed by atoms with van der Waals surface area (Å²) in [5.74, 6) is 1.01. The van der Waals surface area contributed by atoms with Crippen molar-refractivity contribution in [3.63, 3.8) is 0 Å². The van der Waals surface area contributed by atoms with Crippen LogP contribution in [0.2, 0.25) is 0 Å². The molecule has 0 radical (unpaired) electrons. The van der Waals surface area contributed by atoms with Crippen LogP contribution >= 0.6 is 0 Å². The van der Waals surface area contributed by atoms with E-state index in [0.29, 0.717) is 25.7 Å². The SMILES string of the molecule is CCOc1ccccc1CN(C)CC(=O)NC1CC1. The van der Waals surface area contributed by atoms with E-state index in [4.69, 9.17) is 4.74 Å². The Hall–Kier alpha value is -1.55. The van der Waals surface area contributed by atoms with Crippen molar-refractivity contribution >= 4 is 5.91 Å². The Labute approximate surface area is 114 Å². The number of hydrogen-bond acceptors (Lipinski definition) is 3. The van der Waals surface area contributed by atoms with E-state index in [2.05, 4.69) is 5.32 Å². The van der Waals surface area contributed by atoms with Gasteiger partial charge in [0, 0.05) is 18.2 Å². The van der Waals surface area contributed by atoms with E-state index in [1.54, 1.807) is 0 Å². The van der Waals surface area contributed by atoms with Gasteiger partial charge < -0.3 is 10.1 Å². The van der Waals surface area contributed by atoms with Crippen molar-refractivity contribution in [2.75, 3.05) is 20.2 Å². The van der Waals surface area contributed by atoms with Gasteiger partial charge in [-0.15, -0.1) is 0 Å². The summed E-state index contributed by atoms with van der Waals surface area (Å²) in [6, 6.07) is 8.40. The Morgan fingerprint density at radius 1 is 1.42 bits per heavy atom. The van der Waals surface area contributed by atoms with Crippen molar-refractivity contribution in [3.05, 3.63) is 29.8 Å². The molecule has 1 saturated carbocycles. The lowest BCUT2D eigenvalue weighted by Crippen LogP contribution is -2.36. The third-order valence-electron chi connectivity index (χ3n) is 3.07. The van der Waals surface area contributed by atoms with Gasteiger partial charge in [0.15, 0.2) is 0 Å². The van der Waals surface area contributed by atoms with E-state index >= 15 is 0 Å². The molecular weight excluding hydrogens is 240 g/mol. The molecule has 1 aliphatic carbocycles. The molecule has 2 rings (SSSR count). The number of para-hydroxylation sites is 1. The molecule has 104 valence electrons. The van der Waals surface area contributed by atoms with E-state index in [-0.39, 0.29) is 5.91 Å². The number of benzene rings is 1. The lowest BCUT2D eigenvalue weighted by molar-refractivity contribution is -0.122.